The fourth-order valence-electron chi connectivity index (χ4n) is 2.57. The minimum Gasteiger partial charge on any atom is -0.493 e. The number of fused-ring (bicyclic) bond motifs is 1. The molecule has 0 N–H and O–H groups in total. The van der Waals surface area contributed by atoms with Crippen molar-refractivity contribution < 1.29 is 28.5 Å². The molecule has 11 heteroatoms. The lowest BCUT2D eigenvalue weighted by atomic mass is 10.2. The van der Waals surface area contributed by atoms with Crippen LogP contribution < -0.4 is 19.8 Å². The van der Waals surface area contributed by atoms with E-state index in [1.807, 2.05) is 0 Å². The quantitative estimate of drug-likeness (QED) is 0.502. The molecule has 10 nitrogen and oxygen atoms in total. The van der Waals surface area contributed by atoms with Crippen molar-refractivity contribution >= 4 is 22.3 Å². The number of methoxy groups -OCH3 is 4. The predicted molar refractivity (Wildman–Crippen MR) is 103 cm³/mol. The fourth-order valence-corrected chi connectivity index (χ4v) is 3.46. The Kier molecular flexibility index (Phi) is 6.29. The fraction of sp³-hybridized carbons (Fsp3) is 0.333. The van der Waals surface area contributed by atoms with Crippen molar-refractivity contribution in [2.24, 2.45) is 0 Å². The highest BCUT2D eigenvalue weighted by atomic mass is 32.1. The van der Waals surface area contributed by atoms with Crippen molar-refractivity contribution in [3.63, 3.8) is 0 Å². The Morgan fingerprint density at radius 1 is 1.03 bits per heavy atom. The van der Waals surface area contributed by atoms with E-state index in [-0.39, 0.29) is 24.3 Å². The van der Waals surface area contributed by atoms with E-state index < -0.39 is 5.97 Å². The molecule has 0 bridgehead atoms. The number of rotatable bonds is 8. The monoisotopic (exact) mass is 421 g/mol. The molecule has 3 rings (SSSR count). The van der Waals surface area contributed by atoms with Gasteiger partial charge in [0, 0.05) is 13.2 Å². The molecule has 0 unspecified atom stereocenters. The van der Waals surface area contributed by atoms with Gasteiger partial charge in [-0.05, 0) is 12.1 Å². The third-order valence-electron chi connectivity index (χ3n) is 3.86. The van der Waals surface area contributed by atoms with Gasteiger partial charge in [0.05, 0.1) is 39.2 Å². The van der Waals surface area contributed by atoms with Gasteiger partial charge in [-0.25, -0.2) is 9.78 Å². The van der Waals surface area contributed by atoms with Crippen LogP contribution in [0.2, 0.25) is 0 Å². The summed E-state index contributed by atoms with van der Waals surface area (Å²) in [5.74, 6) is 0.387. The van der Waals surface area contributed by atoms with Crippen LogP contribution >= 0.6 is 11.3 Å². The van der Waals surface area contributed by atoms with Crippen molar-refractivity contribution in [1.29, 1.82) is 0 Å². The summed E-state index contributed by atoms with van der Waals surface area (Å²) < 4.78 is 27.2. The number of hydrogen-bond acceptors (Lipinski definition) is 10. The first-order valence-corrected chi connectivity index (χ1v) is 9.17. The molecule has 0 saturated heterocycles. The topological polar surface area (TPSA) is 110 Å². The summed E-state index contributed by atoms with van der Waals surface area (Å²) in [5, 5.41) is 4.74. The Balaban J connectivity index is 1.81. The van der Waals surface area contributed by atoms with Gasteiger partial charge in [-0.2, -0.15) is 9.61 Å². The van der Waals surface area contributed by atoms with E-state index in [9.17, 15) is 9.59 Å². The summed E-state index contributed by atoms with van der Waals surface area (Å²) in [4.78, 5) is 29.4. The lowest BCUT2D eigenvalue weighted by Gasteiger charge is -2.13. The average molecular weight is 421 g/mol. The Bertz CT molecular complexity index is 1070. The largest absolute Gasteiger partial charge is 0.493 e. The maximum Gasteiger partial charge on any atom is 0.338 e. The van der Waals surface area contributed by atoms with E-state index in [1.54, 1.807) is 0 Å². The normalized spacial score (nSPS) is 10.8. The third-order valence-corrected chi connectivity index (χ3v) is 4.74. The van der Waals surface area contributed by atoms with Crippen molar-refractivity contribution in [3.8, 4) is 17.2 Å². The summed E-state index contributed by atoms with van der Waals surface area (Å²) in [6.45, 7) is 0.0949. The molecule has 0 aliphatic carbocycles. The number of aromatic nitrogens is 3. The van der Waals surface area contributed by atoms with Crippen LogP contribution in [0.3, 0.4) is 0 Å². The van der Waals surface area contributed by atoms with Gasteiger partial charge in [0.25, 0.3) is 5.56 Å². The van der Waals surface area contributed by atoms with Crippen molar-refractivity contribution in [2.75, 3.05) is 28.4 Å². The van der Waals surface area contributed by atoms with Gasteiger partial charge >= 0.3 is 5.97 Å². The van der Waals surface area contributed by atoms with Gasteiger partial charge in [0.2, 0.25) is 10.7 Å². The zero-order valence-corrected chi connectivity index (χ0v) is 17.1. The molecule has 0 saturated carbocycles. The minimum absolute atomic E-state index is 0.182. The number of esters is 1. The zero-order chi connectivity index (χ0) is 21.0. The second kappa shape index (κ2) is 8.88. The van der Waals surface area contributed by atoms with Gasteiger partial charge < -0.3 is 23.7 Å². The van der Waals surface area contributed by atoms with Crippen LogP contribution in [0.1, 0.15) is 21.1 Å². The highest BCUT2D eigenvalue weighted by Crippen LogP contribution is 2.38. The maximum absolute atomic E-state index is 12.5. The molecule has 0 atom stereocenters. The number of carbonyl (C=O) groups excluding carboxylic acids is 1. The van der Waals surface area contributed by atoms with Crippen LogP contribution in [0.25, 0.3) is 4.96 Å². The molecule has 0 aliphatic heterocycles. The molecule has 0 aliphatic rings. The van der Waals surface area contributed by atoms with Gasteiger partial charge in [0.15, 0.2) is 11.5 Å². The zero-order valence-electron chi connectivity index (χ0n) is 16.3. The third kappa shape index (κ3) is 4.30. The maximum atomic E-state index is 12.5. The van der Waals surface area contributed by atoms with E-state index >= 15 is 0 Å². The molecule has 3 aromatic rings. The molecule has 1 aromatic carbocycles. The molecule has 0 spiro atoms. The summed E-state index contributed by atoms with van der Waals surface area (Å²) in [6.07, 6.45) is 0. The SMILES string of the molecule is COCc1nn2c(=O)cc(COC(=O)c3cc(OC)c(OC)c(OC)c3)nc2s1. The standard InChI is InChI=1S/C18H19N3O7S/c1-24-9-14-20-21-15(22)7-11(19-18(21)29-14)8-28-17(23)10-5-12(25-2)16(27-4)13(6-10)26-3/h5-7H,8-9H2,1-4H3. The smallest absolute Gasteiger partial charge is 0.338 e. The van der Waals surface area contributed by atoms with Crippen LogP contribution in [-0.4, -0.2) is 49.0 Å². The van der Waals surface area contributed by atoms with Gasteiger partial charge in [-0.15, -0.1) is 0 Å². The number of nitrogens with zero attached hydrogens (tertiary/aromatic N) is 3. The van der Waals surface area contributed by atoms with E-state index in [1.165, 1.54) is 62.5 Å². The highest BCUT2D eigenvalue weighted by Gasteiger charge is 2.18. The van der Waals surface area contributed by atoms with Crippen LogP contribution in [0.4, 0.5) is 0 Å². The molecule has 154 valence electrons. The molecule has 2 heterocycles. The predicted octanol–water partition coefficient (Wildman–Crippen LogP) is 1.68. The van der Waals surface area contributed by atoms with Gasteiger partial charge in [-0.3, -0.25) is 4.79 Å². The number of hydrogen-bond donors (Lipinski definition) is 0. The summed E-state index contributed by atoms with van der Waals surface area (Å²) in [6, 6.07) is 4.23. The van der Waals surface area contributed by atoms with Gasteiger partial charge in [-0.1, -0.05) is 11.3 Å². The average Bonchev–Trinajstić information content (AvgIpc) is 3.14. The summed E-state index contributed by atoms with van der Waals surface area (Å²) in [5.41, 5.74) is 0.147. The molecular formula is C18H19N3O7S. The van der Waals surface area contributed by atoms with E-state index in [2.05, 4.69) is 10.1 Å². The number of benzene rings is 1. The molecular weight excluding hydrogens is 402 g/mol. The summed E-state index contributed by atoms with van der Waals surface area (Å²) >= 11 is 1.22. The Morgan fingerprint density at radius 3 is 2.31 bits per heavy atom. The van der Waals surface area contributed by atoms with E-state index in [0.717, 1.165) is 0 Å². The molecule has 0 radical (unpaired) electrons. The lowest BCUT2D eigenvalue weighted by Crippen LogP contribution is -2.16. The van der Waals surface area contributed by atoms with E-state index in [4.69, 9.17) is 23.7 Å². The Hall–Kier alpha value is -3.18. The second-order valence-corrected chi connectivity index (χ2v) is 6.74. The Morgan fingerprint density at radius 2 is 1.72 bits per heavy atom. The van der Waals surface area contributed by atoms with Crippen molar-refractivity contribution in [1.82, 2.24) is 14.6 Å². The Labute approximate surface area is 169 Å². The van der Waals surface area contributed by atoms with Crippen LogP contribution in [-0.2, 0) is 22.7 Å². The van der Waals surface area contributed by atoms with Crippen molar-refractivity contribution in [2.45, 2.75) is 13.2 Å². The number of ether oxygens (including phenoxy) is 5. The first-order chi connectivity index (χ1) is 14.0. The molecule has 29 heavy (non-hydrogen) atoms. The molecule has 0 fully saturated rings. The van der Waals surface area contributed by atoms with Crippen LogP contribution in [0.5, 0.6) is 17.2 Å². The van der Waals surface area contributed by atoms with Gasteiger partial charge in [0.1, 0.15) is 11.6 Å². The second-order valence-electron chi connectivity index (χ2n) is 5.70. The van der Waals surface area contributed by atoms with Crippen LogP contribution in [0, 0.1) is 0 Å². The number of carbonyl (C=O) groups is 1. The lowest BCUT2D eigenvalue weighted by molar-refractivity contribution is 0.0467. The first-order valence-electron chi connectivity index (χ1n) is 8.35. The summed E-state index contributed by atoms with van der Waals surface area (Å²) in [7, 11) is 5.91. The first kappa shape index (κ1) is 20.6. The van der Waals surface area contributed by atoms with Crippen LogP contribution in [0.15, 0.2) is 23.0 Å². The molecule has 2 aromatic heterocycles. The molecule has 0 amide bonds. The van der Waals surface area contributed by atoms with Crippen molar-refractivity contribution in [3.05, 3.63) is 44.8 Å². The van der Waals surface area contributed by atoms with E-state index in [0.29, 0.717) is 32.9 Å². The minimum atomic E-state index is -0.629. The highest BCUT2D eigenvalue weighted by molar-refractivity contribution is 7.16.